The Morgan fingerprint density at radius 3 is 2.11 bits per heavy atom. The van der Waals surface area contributed by atoms with Gasteiger partial charge in [0, 0.05) is 3.57 Å². The lowest BCUT2D eigenvalue weighted by Crippen LogP contribution is -2.08. The minimum absolute atomic E-state index is 0.241. The molecule has 0 bridgehead atoms. The first-order valence-electron chi connectivity index (χ1n) is 5.73. The van der Waals surface area contributed by atoms with Gasteiger partial charge in [-0.3, -0.25) is 0 Å². The van der Waals surface area contributed by atoms with Crippen molar-refractivity contribution < 1.29 is 13.2 Å². The Kier molecular flexibility index (Phi) is 3.90. The molecule has 2 aromatic carbocycles. The topological polar surface area (TPSA) is 0 Å². The molecule has 0 aliphatic heterocycles. The van der Waals surface area contributed by atoms with E-state index in [1.807, 2.05) is 48.6 Å². The third-order valence-electron chi connectivity index (χ3n) is 2.96. The lowest BCUT2D eigenvalue weighted by Gasteiger charge is -2.15. The van der Waals surface area contributed by atoms with E-state index in [4.69, 9.17) is 0 Å². The fourth-order valence-corrected chi connectivity index (χ4v) is 2.59. The average molecular weight is 376 g/mol. The highest BCUT2D eigenvalue weighted by Crippen LogP contribution is 2.39. The van der Waals surface area contributed by atoms with Gasteiger partial charge in [-0.25, -0.2) is 0 Å². The minimum Gasteiger partial charge on any atom is -0.166 e. The van der Waals surface area contributed by atoms with E-state index in [-0.39, 0.29) is 5.56 Å². The van der Waals surface area contributed by atoms with Gasteiger partial charge in [0.15, 0.2) is 0 Å². The Morgan fingerprint density at radius 1 is 0.895 bits per heavy atom. The van der Waals surface area contributed by atoms with E-state index in [9.17, 15) is 13.2 Å². The molecular weight excluding hydrogens is 364 g/mol. The normalized spacial score (nSPS) is 11.7. The van der Waals surface area contributed by atoms with Gasteiger partial charge < -0.3 is 0 Å². The number of rotatable bonds is 1. The number of halogens is 4. The first-order valence-corrected chi connectivity index (χ1v) is 6.81. The minimum atomic E-state index is -4.34. The molecule has 0 aliphatic carbocycles. The summed E-state index contributed by atoms with van der Waals surface area (Å²) in [6.07, 6.45) is -4.34. The Balaban J connectivity index is 2.68. The molecule has 0 fully saturated rings. The summed E-state index contributed by atoms with van der Waals surface area (Å²) >= 11 is 1.90. The van der Waals surface area contributed by atoms with Crippen LogP contribution in [0.3, 0.4) is 0 Å². The van der Waals surface area contributed by atoms with E-state index >= 15 is 0 Å². The number of aryl methyl sites for hydroxylation is 2. The first-order chi connectivity index (χ1) is 8.79. The van der Waals surface area contributed by atoms with E-state index in [1.54, 1.807) is 18.2 Å². The number of hydrogen-bond acceptors (Lipinski definition) is 0. The van der Waals surface area contributed by atoms with E-state index < -0.39 is 11.7 Å². The molecule has 0 N–H and O–H groups in total. The van der Waals surface area contributed by atoms with Crippen LogP contribution in [0.25, 0.3) is 11.1 Å². The molecule has 0 atom stereocenters. The third kappa shape index (κ3) is 3.11. The van der Waals surface area contributed by atoms with Gasteiger partial charge in [0.2, 0.25) is 0 Å². The van der Waals surface area contributed by atoms with Crippen LogP contribution in [0.2, 0.25) is 0 Å². The molecule has 0 saturated carbocycles. The van der Waals surface area contributed by atoms with Gasteiger partial charge in [-0.2, -0.15) is 13.2 Å². The number of hydrogen-bond donors (Lipinski definition) is 0. The smallest absolute Gasteiger partial charge is 0.166 e. The van der Waals surface area contributed by atoms with Crippen molar-refractivity contribution in [3.05, 3.63) is 56.7 Å². The maximum atomic E-state index is 13.1. The summed E-state index contributed by atoms with van der Waals surface area (Å²) in [7, 11) is 0. The van der Waals surface area contributed by atoms with Crippen LogP contribution in [0, 0.1) is 17.4 Å². The second-order valence-electron chi connectivity index (χ2n) is 4.51. The van der Waals surface area contributed by atoms with E-state index in [0.29, 0.717) is 9.13 Å². The van der Waals surface area contributed by atoms with Crippen LogP contribution >= 0.6 is 22.6 Å². The van der Waals surface area contributed by atoms with Crippen molar-refractivity contribution in [1.82, 2.24) is 0 Å². The van der Waals surface area contributed by atoms with Gasteiger partial charge in [-0.1, -0.05) is 29.8 Å². The summed E-state index contributed by atoms with van der Waals surface area (Å²) in [5, 5.41) is 0. The quantitative estimate of drug-likeness (QED) is 0.569. The third-order valence-corrected chi connectivity index (χ3v) is 3.63. The van der Waals surface area contributed by atoms with Gasteiger partial charge in [0.1, 0.15) is 0 Å². The summed E-state index contributed by atoms with van der Waals surface area (Å²) in [6, 6.07) is 9.91. The standard InChI is InChI=1S/C15H12F3I/c1-9-3-5-12(10(2)7-9)13-6-4-11(19)8-14(13)15(16,17)18/h3-8H,1-2H3. The molecule has 2 rings (SSSR count). The van der Waals surface area contributed by atoms with Crippen molar-refractivity contribution in [3.63, 3.8) is 0 Å². The van der Waals surface area contributed by atoms with Crippen molar-refractivity contribution in [2.24, 2.45) is 0 Å². The predicted octanol–water partition coefficient (Wildman–Crippen LogP) is 5.59. The molecule has 0 aliphatic rings. The van der Waals surface area contributed by atoms with Crippen molar-refractivity contribution in [3.8, 4) is 11.1 Å². The first kappa shape index (κ1) is 14.4. The molecule has 0 heterocycles. The van der Waals surface area contributed by atoms with Crippen molar-refractivity contribution in [2.45, 2.75) is 20.0 Å². The van der Waals surface area contributed by atoms with Gasteiger partial charge in [0.05, 0.1) is 5.56 Å². The molecule has 0 spiro atoms. The van der Waals surface area contributed by atoms with Crippen LogP contribution in [0.5, 0.6) is 0 Å². The Labute approximate surface area is 123 Å². The second kappa shape index (κ2) is 5.15. The van der Waals surface area contributed by atoms with Gasteiger partial charge in [-0.15, -0.1) is 0 Å². The van der Waals surface area contributed by atoms with Crippen molar-refractivity contribution in [2.75, 3.05) is 0 Å². The SMILES string of the molecule is Cc1ccc(-c2ccc(I)cc2C(F)(F)F)c(C)c1. The van der Waals surface area contributed by atoms with Crippen LogP contribution in [0.1, 0.15) is 16.7 Å². The molecule has 0 aromatic heterocycles. The highest BCUT2D eigenvalue weighted by Gasteiger charge is 2.34. The molecule has 0 radical (unpaired) electrons. The van der Waals surface area contributed by atoms with Crippen LogP contribution in [-0.2, 0) is 6.18 Å². The summed E-state index contributed by atoms with van der Waals surface area (Å²) in [4.78, 5) is 0. The lowest BCUT2D eigenvalue weighted by molar-refractivity contribution is -0.137. The van der Waals surface area contributed by atoms with Gasteiger partial charge in [-0.05, 0) is 65.3 Å². The van der Waals surface area contributed by atoms with E-state index in [2.05, 4.69) is 0 Å². The molecule has 100 valence electrons. The van der Waals surface area contributed by atoms with Crippen LogP contribution in [0.4, 0.5) is 13.2 Å². The molecule has 0 amide bonds. The summed E-state index contributed by atoms with van der Waals surface area (Å²) < 4.78 is 39.9. The molecule has 4 heteroatoms. The zero-order chi connectivity index (χ0) is 14.2. The fourth-order valence-electron chi connectivity index (χ4n) is 2.10. The van der Waals surface area contributed by atoms with Crippen LogP contribution in [-0.4, -0.2) is 0 Å². The second-order valence-corrected chi connectivity index (χ2v) is 5.75. The molecule has 2 aromatic rings. The van der Waals surface area contributed by atoms with Crippen LogP contribution < -0.4 is 0 Å². The van der Waals surface area contributed by atoms with E-state index in [0.717, 1.165) is 11.1 Å². The fraction of sp³-hybridized carbons (Fsp3) is 0.200. The van der Waals surface area contributed by atoms with E-state index in [1.165, 1.54) is 6.07 Å². The molecule has 0 nitrogen and oxygen atoms in total. The summed E-state index contributed by atoms with van der Waals surface area (Å²) in [5.74, 6) is 0. The van der Waals surface area contributed by atoms with Gasteiger partial charge >= 0.3 is 6.18 Å². The molecule has 0 saturated heterocycles. The lowest BCUT2D eigenvalue weighted by atomic mass is 9.94. The predicted molar refractivity (Wildman–Crippen MR) is 79.1 cm³/mol. The van der Waals surface area contributed by atoms with Crippen LogP contribution in [0.15, 0.2) is 36.4 Å². The van der Waals surface area contributed by atoms with Gasteiger partial charge in [0.25, 0.3) is 0 Å². The maximum Gasteiger partial charge on any atom is 0.417 e. The Morgan fingerprint density at radius 2 is 1.53 bits per heavy atom. The zero-order valence-corrected chi connectivity index (χ0v) is 12.6. The summed E-state index contributed by atoms with van der Waals surface area (Å²) in [6.45, 7) is 3.76. The maximum absolute atomic E-state index is 13.1. The number of benzene rings is 2. The number of alkyl halides is 3. The monoisotopic (exact) mass is 376 g/mol. The Bertz CT molecular complexity index is 615. The molecule has 0 unspecified atom stereocenters. The largest absolute Gasteiger partial charge is 0.417 e. The van der Waals surface area contributed by atoms with Crippen molar-refractivity contribution in [1.29, 1.82) is 0 Å². The molecule has 19 heavy (non-hydrogen) atoms. The highest BCUT2D eigenvalue weighted by molar-refractivity contribution is 14.1. The van der Waals surface area contributed by atoms with Crippen molar-refractivity contribution >= 4 is 22.6 Å². The zero-order valence-electron chi connectivity index (χ0n) is 10.5. The highest BCUT2D eigenvalue weighted by atomic mass is 127. The Hall–Kier alpha value is -1.04. The molecular formula is C15H12F3I. The average Bonchev–Trinajstić information content (AvgIpc) is 2.28. The summed E-state index contributed by atoms with van der Waals surface area (Å²) in [5.41, 5.74) is 2.19.